The summed E-state index contributed by atoms with van der Waals surface area (Å²) >= 11 is 0. The van der Waals surface area contributed by atoms with E-state index in [0.29, 0.717) is 50.1 Å². The Kier molecular flexibility index (Phi) is 24.4. The van der Waals surface area contributed by atoms with E-state index in [2.05, 4.69) is 29.9 Å². The molecule has 0 bridgehead atoms. The van der Waals surface area contributed by atoms with Crippen LogP contribution in [0.5, 0.6) is 0 Å². The largest absolute Gasteiger partial charge is 2.00 e. The van der Waals surface area contributed by atoms with Gasteiger partial charge in [-0.2, -0.15) is 0 Å². The summed E-state index contributed by atoms with van der Waals surface area (Å²) in [5.41, 5.74) is 0.425. The molecule has 0 atom stereocenters. The van der Waals surface area contributed by atoms with Crippen LogP contribution in [0.3, 0.4) is 0 Å². The summed E-state index contributed by atoms with van der Waals surface area (Å²) in [7, 11) is 0. The number of hydrogen-bond donors (Lipinski definition) is 0. The number of nitrogens with zero attached hydrogens (tertiary/aromatic N) is 6. The average Bonchev–Trinajstić information content (AvgIpc) is 3.68. The normalized spacial score (nSPS) is 10.6. The molecule has 0 saturated heterocycles. The minimum absolute atomic E-state index is 0. The van der Waals surface area contributed by atoms with Gasteiger partial charge in [-0.25, -0.2) is 0 Å². The first kappa shape index (κ1) is 65.1. The third kappa shape index (κ3) is 15.3. The van der Waals surface area contributed by atoms with E-state index in [9.17, 15) is 0 Å². The number of carbonyl (C=O) groups is 3. The first-order chi connectivity index (χ1) is 37.6. The second kappa shape index (κ2) is 30.3. The van der Waals surface area contributed by atoms with E-state index in [0.717, 1.165) is 20.8 Å². The van der Waals surface area contributed by atoms with Gasteiger partial charge in [0.05, 0.1) is 0 Å². The minimum Gasteiger partial charge on any atom is -0.837 e. The number of hydrogen-bond acceptors (Lipinski definition) is 15. The second-order valence-electron chi connectivity index (χ2n) is 17.2. The molecule has 0 amide bonds. The molecule has 0 aliphatic carbocycles. The zero-order valence-corrected chi connectivity index (χ0v) is 47.0. The van der Waals surface area contributed by atoms with Crippen LogP contribution in [0.1, 0.15) is 71.6 Å². The molecular formula is C63H48Mn3N6O9. The van der Waals surface area contributed by atoms with E-state index in [1.54, 1.807) is 146 Å². The van der Waals surface area contributed by atoms with E-state index in [1.807, 2.05) is 91.0 Å². The molecule has 10 rings (SSSR count). The summed E-state index contributed by atoms with van der Waals surface area (Å²) in [5.74, 6) is -3.25. The summed E-state index contributed by atoms with van der Waals surface area (Å²) in [6.45, 7) is 2.92. The van der Waals surface area contributed by atoms with Crippen molar-refractivity contribution in [2.24, 2.45) is 0 Å². The SMILES string of the molecule is CC(=O)[O-].CC(=O)[O-].CC(=O)[O-].[Mn+2].[Mn+2].[Mn+2].[O-]C(c1ccccn1)(c1ccccn1)c1ccccc1-c1cc(-c2ccccc2C([O-])(c2ccccn2)c2ccccn2)cc(-c2ccccc2C([O-])(c2ccccn2)c2ccccn2)c1. The van der Waals surface area contributed by atoms with Crippen molar-refractivity contribution in [3.05, 3.63) is 288 Å². The van der Waals surface area contributed by atoms with Crippen molar-refractivity contribution < 1.29 is 96.2 Å². The van der Waals surface area contributed by atoms with Crippen molar-refractivity contribution in [3.8, 4) is 33.4 Å². The van der Waals surface area contributed by atoms with Crippen molar-refractivity contribution in [3.63, 3.8) is 0 Å². The number of benzene rings is 4. The van der Waals surface area contributed by atoms with Crippen molar-refractivity contribution in [2.75, 3.05) is 0 Å². The molecule has 0 spiro atoms. The third-order valence-electron chi connectivity index (χ3n) is 11.9. The number of carboxylic acids is 3. The molecule has 6 heterocycles. The van der Waals surface area contributed by atoms with Crippen LogP contribution in [0.25, 0.3) is 33.4 Å². The Hall–Kier alpha value is -8.37. The predicted molar refractivity (Wildman–Crippen MR) is 280 cm³/mol. The number of aliphatic carboxylic acids is 3. The third-order valence-corrected chi connectivity index (χ3v) is 11.9. The van der Waals surface area contributed by atoms with E-state index in [-0.39, 0.29) is 85.4 Å². The van der Waals surface area contributed by atoms with E-state index in [1.165, 1.54) is 0 Å². The summed E-state index contributed by atoms with van der Waals surface area (Å²) in [4.78, 5) is 54.4. The maximum absolute atomic E-state index is 16.0. The van der Waals surface area contributed by atoms with E-state index in [4.69, 9.17) is 29.7 Å². The maximum Gasteiger partial charge on any atom is 2.00 e. The van der Waals surface area contributed by atoms with Crippen molar-refractivity contribution in [2.45, 2.75) is 37.6 Å². The van der Waals surface area contributed by atoms with Crippen LogP contribution < -0.4 is 30.6 Å². The Morgan fingerprint density at radius 2 is 0.457 bits per heavy atom. The van der Waals surface area contributed by atoms with Gasteiger partial charge in [-0.15, -0.1) is 0 Å². The van der Waals surface area contributed by atoms with Gasteiger partial charge < -0.3 is 45.0 Å². The quantitative estimate of drug-likeness (QED) is 0.155. The number of rotatable bonds is 12. The first-order valence-electron chi connectivity index (χ1n) is 24.2. The zero-order valence-electron chi connectivity index (χ0n) is 43.5. The molecule has 0 aliphatic rings. The molecular weight excluding hydrogens is 1150 g/mol. The number of carbonyl (C=O) groups excluding carboxylic acids is 3. The maximum atomic E-state index is 16.0. The van der Waals surface area contributed by atoms with Gasteiger partial charge in [0, 0.05) is 106 Å². The monoisotopic (exact) mass is 1200 g/mol. The Morgan fingerprint density at radius 3 is 0.617 bits per heavy atom. The molecule has 405 valence electrons. The Labute approximate surface area is 500 Å². The van der Waals surface area contributed by atoms with Crippen LogP contribution in [0.15, 0.2) is 237 Å². The number of carboxylic acid groups (broad SMARTS) is 3. The Morgan fingerprint density at radius 1 is 0.296 bits per heavy atom. The van der Waals surface area contributed by atoms with Gasteiger partial charge in [-0.05, 0) is 162 Å². The van der Waals surface area contributed by atoms with Crippen molar-refractivity contribution in [1.29, 1.82) is 0 Å². The molecule has 6 aromatic heterocycles. The van der Waals surface area contributed by atoms with Crippen LogP contribution in [0.4, 0.5) is 0 Å². The smallest absolute Gasteiger partial charge is 0.837 e. The number of aromatic nitrogens is 6. The fourth-order valence-electron chi connectivity index (χ4n) is 8.87. The molecule has 0 saturated carbocycles. The Balaban J connectivity index is 0.000000860. The van der Waals surface area contributed by atoms with Gasteiger partial charge in [0.1, 0.15) is 0 Å². The molecule has 18 heteroatoms. The predicted octanol–water partition coefficient (Wildman–Crippen LogP) is 4.28. The number of pyridine rings is 6. The topological polar surface area (TPSA) is 267 Å². The molecule has 4 aromatic carbocycles. The van der Waals surface area contributed by atoms with Gasteiger partial charge in [-0.3, -0.25) is 29.9 Å². The van der Waals surface area contributed by atoms with Crippen LogP contribution >= 0.6 is 0 Å². The van der Waals surface area contributed by atoms with Crippen LogP contribution in [0, 0.1) is 0 Å². The molecule has 10 aromatic rings. The molecule has 15 nitrogen and oxygen atoms in total. The van der Waals surface area contributed by atoms with Gasteiger partial charge in [-0.1, -0.05) is 109 Å². The van der Waals surface area contributed by atoms with Crippen molar-refractivity contribution in [1.82, 2.24) is 29.9 Å². The van der Waals surface area contributed by atoms with Gasteiger partial charge in [0.25, 0.3) is 0 Å². The molecule has 0 N–H and O–H groups in total. The van der Waals surface area contributed by atoms with Crippen molar-refractivity contribution >= 4 is 17.9 Å². The molecule has 0 unspecified atom stereocenters. The molecule has 0 aliphatic heterocycles. The van der Waals surface area contributed by atoms with Crippen LogP contribution in [-0.4, -0.2) is 47.8 Å². The molecule has 81 heavy (non-hydrogen) atoms. The Bertz CT molecular complexity index is 3080. The van der Waals surface area contributed by atoms with Gasteiger partial charge in [0.15, 0.2) is 0 Å². The first-order valence-corrected chi connectivity index (χ1v) is 24.2. The fraction of sp³-hybridized carbons (Fsp3) is 0.0952. The standard InChI is InChI=1S/C57H39N6O3.3C2H4O2.3Mn/c64-55(49-25-7-13-31-58-49,50-26-8-14-32-59-50)46-22-4-1-19-43(46)40-37-41(44-20-2-5-23-47(44)56(65,51-27-9-15-33-60-51)52-28-10-16-34-61-52)39-42(38-40)45-21-3-6-24-48(45)57(66,53-29-11-17-35-62-53)54-30-12-18-36-63-54;3*1-2(3)4;;;/h1-39H;3*1H3,(H,3,4);;;/q-3;;;;3*+2/p-3. The van der Waals surface area contributed by atoms with Crippen LogP contribution in [-0.2, 0) is 82.4 Å². The van der Waals surface area contributed by atoms with E-state index < -0.39 is 34.7 Å². The zero-order chi connectivity index (χ0) is 55.7. The summed E-state index contributed by atoms with van der Waals surface area (Å²) in [6, 6.07) is 60.1. The van der Waals surface area contributed by atoms with E-state index >= 15 is 15.3 Å². The molecule has 0 fully saturated rings. The average molecular weight is 1200 g/mol. The van der Waals surface area contributed by atoms with Gasteiger partial charge >= 0.3 is 51.2 Å². The summed E-state index contributed by atoms with van der Waals surface area (Å²) in [6.07, 6.45) is 9.65. The fourth-order valence-corrected chi connectivity index (χ4v) is 8.87. The summed E-state index contributed by atoms with van der Waals surface area (Å²) in [5, 5.41) is 74.6. The van der Waals surface area contributed by atoms with Crippen LogP contribution in [0.2, 0.25) is 0 Å². The minimum atomic E-state index is -2.06. The van der Waals surface area contributed by atoms with Gasteiger partial charge in [0.2, 0.25) is 0 Å². The summed E-state index contributed by atoms with van der Waals surface area (Å²) < 4.78 is 0. The second-order valence-corrected chi connectivity index (χ2v) is 17.2. The molecule has 3 radical (unpaired) electrons.